The summed E-state index contributed by atoms with van der Waals surface area (Å²) in [7, 11) is -3.21. The highest BCUT2D eigenvalue weighted by Crippen LogP contribution is 2.38. The second kappa shape index (κ2) is 8.00. The number of rotatable bonds is 6. The maximum atomic E-state index is 12.5. The molecule has 3 rings (SSSR count). The van der Waals surface area contributed by atoms with Crippen molar-refractivity contribution in [1.82, 2.24) is 25.1 Å². The molecule has 3 heterocycles. The van der Waals surface area contributed by atoms with E-state index in [2.05, 4.69) is 14.5 Å². The van der Waals surface area contributed by atoms with E-state index in [4.69, 9.17) is 13.7 Å². The Morgan fingerprint density at radius 1 is 1.33 bits per heavy atom. The second-order valence-electron chi connectivity index (χ2n) is 8.20. The third-order valence-corrected chi connectivity index (χ3v) is 4.98. The van der Waals surface area contributed by atoms with Gasteiger partial charge < -0.3 is 19.0 Å². The number of nitrogens with zero attached hydrogens (tertiary/aromatic N) is 5. The number of carbonyl (C=O) groups is 2. The van der Waals surface area contributed by atoms with Crippen LogP contribution in [0.1, 0.15) is 51.4 Å². The summed E-state index contributed by atoms with van der Waals surface area (Å²) in [5, 5.41) is 8.62. The Morgan fingerprint density at radius 2 is 2.03 bits per heavy atom. The van der Waals surface area contributed by atoms with Gasteiger partial charge in [0, 0.05) is 26.6 Å². The highest BCUT2D eigenvalue weighted by Gasteiger charge is 2.49. The quantitative estimate of drug-likeness (QED) is 0.628. The van der Waals surface area contributed by atoms with Crippen molar-refractivity contribution in [3.05, 3.63) is 11.8 Å². The lowest BCUT2D eigenvalue weighted by Crippen LogP contribution is -2.35. The zero-order valence-corrected chi connectivity index (χ0v) is 18.0. The van der Waals surface area contributed by atoms with Gasteiger partial charge in [-0.1, -0.05) is 0 Å². The highest BCUT2D eigenvalue weighted by atomic mass is 32.3. The Labute approximate surface area is 173 Å². The first-order valence-corrected chi connectivity index (χ1v) is 10.7. The van der Waals surface area contributed by atoms with Gasteiger partial charge in [-0.2, -0.15) is 13.5 Å². The molecule has 13 nitrogen and oxygen atoms in total. The number of ether oxygens (including phenoxy) is 1. The van der Waals surface area contributed by atoms with Crippen molar-refractivity contribution in [2.24, 2.45) is 0 Å². The summed E-state index contributed by atoms with van der Waals surface area (Å²) < 4.78 is 46.1. The molecule has 2 fully saturated rings. The predicted molar refractivity (Wildman–Crippen MR) is 99.2 cm³/mol. The van der Waals surface area contributed by atoms with Crippen LogP contribution in [0.5, 0.6) is 0 Å². The number of likely N-dealkylation sites (N-methyl/N-ethyl adjacent to an activating group) is 1. The lowest BCUT2D eigenvalue weighted by Gasteiger charge is -2.27. The smallest absolute Gasteiger partial charge is 0.418 e. The standard InChI is InChI=1S/C16H25N5O8S/c1-16(2,3)28-15(23)19(4)8-7-12-17-18-13(27-12)11-6-5-10-9-20(11)14(22)21(10)29-30(24,25)26/h10-11H,5-9H2,1-4H3,(H,24,25,26)/t10?,11-/m0/s1. The van der Waals surface area contributed by atoms with Crippen molar-refractivity contribution in [3.63, 3.8) is 0 Å². The molecule has 1 unspecified atom stereocenters. The fourth-order valence-corrected chi connectivity index (χ4v) is 3.67. The van der Waals surface area contributed by atoms with Crippen molar-refractivity contribution >= 4 is 22.5 Å². The summed E-state index contributed by atoms with van der Waals surface area (Å²) in [6.07, 6.45) is 0.717. The van der Waals surface area contributed by atoms with E-state index in [1.54, 1.807) is 27.8 Å². The Kier molecular flexibility index (Phi) is 5.93. The first-order valence-electron chi connectivity index (χ1n) is 9.37. The van der Waals surface area contributed by atoms with Crippen LogP contribution in [0.2, 0.25) is 0 Å². The molecule has 30 heavy (non-hydrogen) atoms. The average Bonchev–Trinajstić information content (AvgIpc) is 3.17. The summed E-state index contributed by atoms with van der Waals surface area (Å²) in [4.78, 5) is 27.2. The average molecular weight is 447 g/mol. The van der Waals surface area contributed by atoms with Gasteiger partial charge in [0.25, 0.3) is 0 Å². The molecule has 3 amide bonds. The van der Waals surface area contributed by atoms with Gasteiger partial charge in [-0.25, -0.2) is 9.59 Å². The molecule has 0 radical (unpaired) electrons. The van der Waals surface area contributed by atoms with Crippen LogP contribution in [0.25, 0.3) is 0 Å². The van der Waals surface area contributed by atoms with Gasteiger partial charge in [-0.3, -0.25) is 4.55 Å². The molecule has 2 bridgehead atoms. The molecular weight excluding hydrogens is 422 g/mol. The third kappa shape index (κ3) is 5.17. The van der Waals surface area contributed by atoms with Gasteiger partial charge in [0.2, 0.25) is 11.8 Å². The lowest BCUT2D eigenvalue weighted by atomic mass is 10.0. The number of fused-ring (bicyclic) bond motifs is 2. The molecule has 1 N–H and O–H groups in total. The number of hydroxylamine groups is 2. The van der Waals surface area contributed by atoms with Crippen molar-refractivity contribution in [2.75, 3.05) is 20.1 Å². The van der Waals surface area contributed by atoms with Gasteiger partial charge in [-0.15, -0.1) is 14.5 Å². The van der Waals surface area contributed by atoms with Crippen molar-refractivity contribution in [3.8, 4) is 0 Å². The topological polar surface area (TPSA) is 156 Å². The molecule has 2 aliphatic rings. The zero-order chi connectivity index (χ0) is 22.3. The van der Waals surface area contributed by atoms with Gasteiger partial charge in [0.1, 0.15) is 11.6 Å². The van der Waals surface area contributed by atoms with Gasteiger partial charge >= 0.3 is 22.5 Å². The molecule has 0 saturated carbocycles. The monoisotopic (exact) mass is 447 g/mol. The number of amides is 3. The normalized spacial score (nSPS) is 21.8. The Balaban J connectivity index is 1.60. The highest BCUT2D eigenvalue weighted by molar-refractivity contribution is 7.80. The van der Waals surface area contributed by atoms with E-state index >= 15 is 0 Å². The van der Waals surface area contributed by atoms with E-state index in [0.29, 0.717) is 36.8 Å². The van der Waals surface area contributed by atoms with E-state index in [0.717, 1.165) is 0 Å². The Morgan fingerprint density at radius 3 is 2.67 bits per heavy atom. The number of aromatic nitrogens is 2. The van der Waals surface area contributed by atoms with Crippen LogP contribution in [0.15, 0.2) is 4.42 Å². The molecule has 2 atom stereocenters. The Hall–Kier alpha value is -2.45. The number of hydrogen-bond donors (Lipinski definition) is 1. The van der Waals surface area contributed by atoms with Crippen LogP contribution < -0.4 is 0 Å². The fourth-order valence-electron chi connectivity index (χ4n) is 3.29. The maximum absolute atomic E-state index is 12.5. The molecule has 2 aliphatic heterocycles. The van der Waals surface area contributed by atoms with Crippen LogP contribution in [0.3, 0.4) is 0 Å². The first kappa shape index (κ1) is 22.2. The number of urea groups is 1. The van der Waals surface area contributed by atoms with Gasteiger partial charge in [0.05, 0.1) is 6.04 Å². The van der Waals surface area contributed by atoms with Crippen LogP contribution in [0.4, 0.5) is 9.59 Å². The van der Waals surface area contributed by atoms with Crippen LogP contribution in [0, 0.1) is 0 Å². The summed E-state index contributed by atoms with van der Waals surface area (Å²) in [6, 6.07) is -1.74. The van der Waals surface area contributed by atoms with E-state index in [1.165, 1.54) is 9.80 Å². The van der Waals surface area contributed by atoms with Crippen LogP contribution in [-0.2, 0) is 25.8 Å². The number of carbonyl (C=O) groups excluding carboxylic acids is 2. The first-order chi connectivity index (χ1) is 13.8. The molecule has 0 spiro atoms. The summed E-state index contributed by atoms with van der Waals surface area (Å²) in [5.41, 5.74) is -0.600. The van der Waals surface area contributed by atoms with Crippen molar-refractivity contribution in [1.29, 1.82) is 0 Å². The fraction of sp³-hybridized carbons (Fsp3) is 0.750. The maximum Gasteiger partial charge on any atom is 0.418 e. The molecular formula is C16H25N5O8S. The van der Waals surface area contributed by atoms with Crippen molar-refractivity contribution < 1.29 is 36.0 Å². The number of piperidine rings is 1. The minimum absolute atomic E-state index is 0.206. The van der Waals surface area contributed by atoms with E-state index in [9.17, 15) is 18.0 Å². The number of hydrogen-bond acceptors (Lipinski definition) is 9. The van der Waals surface area contributed by atoms with E-state index < -0.39 is 40.2 Å². The van der Waals surface area contributed by atoms with Crippen molar-refractivity contribution in [2.45, 2.75) is 57.7 Å². The molecule has 0 aliphatic carbocycles. The summed E-state index contributed by atoms with van der Waals surface area (Å²) >= 11 is 0. The zero-order valence-electron chi connectivity index (χ0n) is 17.1. The molecule has 0 aromatic carbocycles. The largest absolute Gasteiger partial charge is 0.444 e. The predicted octanol–water partition coefficient (Wildman–Crippen LogP) is 1.15. The lowest BCUT2D eigenvalue weighted by molar-refractivity contribution is -0.0317. The van der Waals surface area contributed by atoms with Crippen LogP contribution >= 0.6 is 0 Å². The van der Waals surface area contributed by atoms with Crippen LogP contribution in [-0.4, -0.2) is 81.9 Å². The molecule has 1 aromatic heterocycles. The minimum atomic E-state index is -4.81. The van der Waals surface area contributed by atoms with E-state index in [-0.39, 0.29) is 12.4 Å². The van der Waals surface area contributed by atoms with Gasteiger partial charge in [0.15, 0.2) is 0 Å². The SMILES string of the molecule is CN(CCc1nnc([C@@H]2CCC3CN2C(=O)N3OS(=O)(=O)O)o1)C(=O)OC(C)(C)C. The second-order valence-corrected chi connectivity index (χ2v) is 9.20. The minimum Gasteiger partial charge on any atom is -0.444 e. The molecule has 1 aromatic rings. The molecule has 14 heteroatoms. The summed E-state index contributed by atoms with van der Waals surface area (Å²) in [6.45, 7) is 5.83. The Bertz CT molecular complexity index is 911. The molecule has 168 valence electrons. The van der Waals surface area contributed by atoms with Gasteiger partial charge in [-0.05, 0) is 33.6 Å². The third-order valence-electron chi connectivity index (χ3n) is 4.63. The molecule has 2 saturated heterocycles. The summed E-state index contributed by atoms with van der Waals surface area (Å²) in [5.74, 6) is 0.505. The van der Waals surface area contributed by atoms with E-state index in [1.807, 2.05) is 0 Å².